The second-order valence-corrected chi connectivity index (χ2v) is 12.3. The average molecular weight is 720 g/mol. The minimum atomic E-state index is -0.498. The Morgan fingerprint density at radius 1 is 0.528 bits per heavy atom. The van der Waals surface area contributed by atoms with E-state index in [-0.39, 0.29) is 73.6 Å². The van der Waals surface area contributed by atoms with Crippen molar-refractivity contribution in [1.82, 2.24) is 25.0 Å². The summed E-state index contributed by atoms with van der Waals surface area (Å²) < 4.78 is 0. The van der Waals surface area contributed by atoms with E-state index < -0.39 is 17.7 Å². The number of anilines is 2. The van der Waals surface area contributed by atoms with Crippen molar-refractivity contribution in [3.8, 4) is 0 Å². The van der Waals surface area contributed by atoms with Gasteiger partial charge in [0.1, 0.15) is 28.6 Å². The topological polar surface area (TPSA) is 284 Å². The maximum absolute atomic E-state index is 13.2. The maximum atomic E-state index is 13.2. The van der Waals surface area contributed by atoms with Gasteiger partial charge in [0, 0.05) is 75.6 Å². The van der Waals surface area contributed by atoms with E-state index in [0.29, 0.717) is 49.6 Å². The van der Waals surface area contributed by atoms with Gasteiger partial charge < -0.3 is 37.1 Å². The fourth-order valence-corrected chi connectivity index (χ4v) is 5.66. The van der Waals surface area contributed by atoms with Crippen LogP contribution >= 0.6 is 0 Å². The number of nitrogens with zero attached hydrogens (tertiary/aromatic N) is 2. The number of Topliss-reactive ketones (excluding diaryl/α,β-unsaturated/α-hetero) is 2. The minimum absolute atomic E-state index is 0.0239. The Morgan fingerprint density at radius 2 is 0.943 bits per heavy atom. The van der Waals surface area contributed by atoms with E-state index in [9.17, 15) is 28.8 Å². The lowest BCUT2D eigenvalue weighted by Crippen LogP contribution is -2.39. The Labute approximate surface area is 300 Å². The molecule has 6 aromatic rings. The summed E-state index contributed by atoms with van der Waals surface area (Å²) in [6.07, 6.45) is 0.1000. The number of nitrogens with one attached hydrogen (secondary N) is 5. The number of carbonyl (C=O) groups is 6. The molecule has 0 spiro atoms. The molecule has 0 aliphatic carbocycles. The number of aromatic nitrogens is 3. The van der Waals surface area contributed by atoms with Crippen LogP contribution < -0.4 is 33.8 Å². The van der Waals surface area contributed by atoms with Crippen LogP contribution in [0.4, 0.5) is 11.4 Å². The summed E-state index contributed by atoms with van der Waals surface area (Å²) in [5.41, 5.74) is 14.6. The molecule has 3 aromatic heterocycles. The molecule has 0 radical (unpaired) electrons. The number of carbonyl (C=O) groups excluding carboxylic acids is 6. The van der Waals surface area contributed by atoms with Crippen molar-refractivity contribution in [1.29, 1.82) is 0 Å². The van der Waals surface area contributed by atoms with Crippen LogP contribution in [0.15, 0.2) is 72.8 Å². The van der Waals surface area contributed by atoms with Gasteiger partial charge in [0.05, 0.1) is 13.1 Å². The third-order valence-corrected chi connectivity index (χ3v) is 8.59. The Balaban J connectivity index is 1.09. The van der Waals surface area contributed by atoms with Crippen LogP contribution in [0.1, 0.15) is 54.7 Å². The quantitative estimate of drug-likeness (QED) is 0.0449. The first-order chi connectivity index (χ1) is 25.4. The molecule has 0 atom stereocenters. The molecule has 53 heavy (non-hydrogen) atoms. The highest BCUT2D eigenvalue weighted by atomic mass is 16.2. The van der Waals surface area contributed by atoms with Gasteiger partial charge in [-0.2, -0.15) is 0 Å². The third kappa shape index (κ3) is 8.13. The molecular formula is C36H37N11O6. The molecule has 3 aromatic carbocycles. The van der Waals surface area contributed by atoms with Crippen molar-refractivity contribution in [2.45, 2.75) is 12.8 Å². The van der Waals surface area contributed by atoms with Gasteiger partial charge in [-0.3, -0.25) is 38.8 Å². The summed E-state index contributed by atoms with van der Waals surface area (Å²) in [5, 5.41) is 9.55. The number of hydrogen-bond acceptors (Lipinski definition) is 10. The molecule has 0 aliphatic heterocycles. The molecule has 6 rings (SSSR count). The zero-order valence-electron chi connectivity index (χ0n) is 28.3. The fourth-order valence-electron chi connectivity index (χ4n) is 5.66. The number of nitrogens with two attached hydrogens (primary N) is 4. The van der Waals surface area contributed by atoms with Crippen LogP contribution in [0, 0.1) is 0 Å². The molecule has 17 nitrogen and oxygen atoms in total. The molecule has 0 unspecified atom stereocenters. The summed E-state index contributed by atoms with van der Waals surface area (Å²) in [4.78, 5) is 83.9. The number of benzene rings is 3. The van der Waals surface area contributed by atoms with E-state index in [1.54, 1.807) is 72.8 Å². The number of amides is 4. The molecule has 0 saturated heterocycles. The number of hydrazine groups is 2. The Bertz CT molecular complexity index is 2280. The maximum Gasteiger partial charge on any atom is 0.284 e. The number of rotatable bonds is 14. The predicted octanol–water partition coefficient (Wildman–Crippen LogP) is 2.10. The van der Waals surface area contributed by atoms with Gasteiger partial charge in [0.2, 0.25) is 0 Å². The van der Waals surface area contributed by atoms with E-state index in [2.05, 4.69) is 25.6 Å². The molecular weight excluding hydrogens is 682 g/mol. The van der Waals surface area contributed by atoms with Crippen molar-refractivity contribution in [2.24, 2.45) is 23.2 Å². The van der Waals surface area contributed by atoms with E-state index >= 15 is 0 Å². The largest absolute Gasteiger partial charge is 0.351 e. The Morgan fingerprint density at radius 3 is 1.43 bits per heavy atom. The summed E-state index contributed by atoms with van der Waals surface area (Å²) in [6.45, 7) is -0.199. The van der Waals surface area contributed by atoms with E-state index in [1.165, 1.54) is 0 Å². The first kappa shape index (κ1) is 36.1. The SMILES string of the molecule is NCC(=O)CCN(N)C(=O)c1cc2cc(NC(=O)c3ccc4[nH]c(C(=O)Nc5ccc6[nH]c(C(=O)N(N)CCC(=O)CN)cc6c5)cc4c3)ccc2[nH]1. The van der Waals surface area contributed by atoms with E-state index in [1.807, 2.05) is 0 Å². The third-order valence-electron chi connectivity index (χ3n) is 8.59. The normalized spacial score (nSPS) is 11.2. The first-order valence-electron chi connectivity index (χ1n) is 16.5. The number of ketones is 2. The summed E-state index contributed by atoms with van der Waals surface area (Å²) in [5.74, 6) is 9.46. The molecule has 4 amide bonds. The lowest BCUT2D eigenvalue weighted by Gasteiger charge is -2.14. The Kier molecular flexibility index (Phi) is 10.4. The summed E-state index contributed by atoms with van der Waals surface area (Å²) in [6, 6.07) is 20.0. The van der Waals surface area contributed by atoms with Crippen LogP contribution in [0.5, 0.6) is 0 Å². The number of H-pyrrole nitrogens is 3. The van der Waals surface area contributed by atoms with Crippen molar-refractivity contribution < 1.29 is 28.8 Å². The number of hydrogen-bond donors (Lipinski definition) is 9. The highest BCUT2D eigenvalue weighted by molar-refractivity contribution is 6.10. The minimum Gasteiger partial charge on any atom is -0.351 e. The van der Waals surface area contributed by atoms with Gasteiger partial charge >= 0.3 is 0 Å². The van der Waals surface area contributed by atoms with Gasteiger partial charge in [-0.1, -0.05) is 0 Å². The fraction of sp³-hybridized carbons (Fsp3) is 0.167. The molecule has 0 aliphatic rings. The van der Waals surface area contributed by atoms with Crippen molar-refractivity contribution >= 4 is 79.3 Å². The second kappa shape index (κ2) is 15.3. The molecule has 0 fully saturated rings. The molecule has 13 N–H and O–H groups in total. The van der Waals surface area contributed by atoms with Gasteiger partial charge in [0.15, 0.2) is 0 Å². The van der Waals surface area contributed by atoms with Crippen LogP contribution in [0.25, 0.3) is 32.7 Å². The van der Waals surface area contributed by atoms with Crippen molar-refractivity contribution in [3.05, 3.63) is 95.4 Å². The predicted molar refractivity (Wildman–Crippen MR) is 199 cm³/mol. The zero-order chi connectivity index (χ0) is 37.8. The lowest BCUT2D eigenvalue weighted by atomic mass is 10.1. The monoisotopic (exact) mass is 719 g/mol. The van der Waals surface area contributed by atoms with Crippen LogP contribution in [-0.2, 0) is 9.59 Å². The second-order valence-electron chi connectivity index (χ2n) is 12.3. The van der Waals surface area contributed by atoms with Crippen LogP contribution in [0.3, 0.4) is 0 Å². The summed E-state index contributed by atoms with van der Waals surface area (Å²) >= 11 is 0. The first-order valence-corrected chi connectivity index (χ1v) is 16.5. The van der Waals surface area contributed by atoms with Crippen LogP contribution in [-0.4, -0.2) is 86.3 Å². The lowest BCUT2D eigenvalue weighted by molar-refractivity contribution is -0.118. The van der Waals surface area contributed by atoms with Gasteiger partial charge in [-0.25, -0.2) is 11.7 Å². The number of fused-ring (bicyclic) bond motifs is 3. The molecule has 0 saturated carbocycles. The zero-order valence-corrected chi connectivity index (χ0v) is 28.3. The van der Waals surface area contributed by atoms with Gasteiger partial charge in [-0.15, -0.1) is 0 Å². The molecule has 0 bridgehead atoms. The highest BCUT2D eigenvalue weighted by Gasteiger charge is 2.19. The van der Waals surface area contributed by atoms with Gasteiger partial charge in [-0.05, 0) is 72.8 Å². The Hall–Kier alpha value is -6.66. The van der Waals surface area contributed by atoms with Crippen molar-refractivity contribution in [3.63, 3.8) is 0 Å². The highest BCUT2D eigenvalue weighted by Crippen LogP contribution is 2.25. The van der Waals surface area contributed by atoms with Crippen LogP contribution in [0.2, 0.25) is 0 Å². The summed E-state index contributed by atoms with van der Waals surface area (Å²) in [7, 11) is 0. The molecule has 17 heteroatoms. The number of aromatic amines is 3. The van der Waals surface area contributed by atoms with Crippen molar-refractivity contribution in [2.75, 3.05) is 36.8 Å². The van der Waals surface area contributed by atoms with E-state index in [0.717, 1.165) is 10.0 Å². The molecule has 272 valence electrons. The smallest absolute Gasteiger partial charge is 0.284 e. The van der Waals surface area contributed by atoms with E-state index in [4.69, 9.17) is 23.2 Å². The van der Waals surface area contributed by atoms with Gasteiger partial charge in [0.25, 0.3) is 23.6 Å². The molecule has 3 heterocycles. The standard InChI is InChI=1S/C36H37N11O6/c37-17-25(48)7-9-46(39)35(52)31-15-21-12-23(2-5-28(21)44-31)41-33(50)19-1-4-27-20(11-19)14-30(43-27)34(51)42-24-3-6-29-22(13-24)16-32(45-29)36(53)47(40)10-8-26(49)18-38/h1-6,11-16,43-45H,7-10,17-18,37-40H2,(H,41,50)(H,42,51). The average Bonchev–Trinajstić information content (AvgIpc) is 3.91.